The highest BCUT2D eigenvalue weighted by Gasteiger charge is 2.48. The number of halogens is 2. The number of carbonyl (C=O) groups excluding carboxylic acids is 1. The summed E-state index contributed by atoms with van der Waals surface area (Å²) in [6.07, 6.45) is 8.67. The Bertz CT molecular complexity index is 1130. The van der Waals surface area contributed by atoms with Gasteiger partial charge in [0, 0.05) is 44.0 Å². The van der Waals surface area contributed by atoms with E-state index < -0.39 is 24.4 Å². The first kappa shape index (κ1) is 18.7. The molecule has 2 aliphatic heterocycles. The van der Waals surface area contributed by atoms with Crippen LogP contribution in [0.3, 0.4) is 0 Å². The number of anilines is 1. The normalized spacial score (nSPS) is 20.4. The number of aromatic nitrogens is 3. The molecule has 7 nitrogen and oxygen atoms in total. The summed E-state index contributed by atoms with van der Waals surface area (Å²) in [5, 5.41) is 1.37. The minimum Gasteiger partial charge on any atom is -0.334 e. The summed E-state index contributed by atoms with van der Waals surface area (Å²) in [4.78, 5) is 28.4. The van der Waals surface area contributed by atoms with Gasteiger partial charge in [-0.15, -0.1) is 0 Å². The lowest BCUT2D eigenvalue weighted by Gasteiger charge is -2.40. The summed E-state index contributed by atoms with van der Waals surface area (Å²) in [6.45, 7) is -0.330. The Labute approximate surface area is 171 Å². The molecule has 0 bridgehead atoms. The second kappa shape index (κ2) is 7.17. The standard InChI is InChI=1S/C21H19F2N5O2/c22-21(23)7-11-27(20(29)18-19-25-9-13-26(19)12-8-24-18)14-17(21)30-28-10-3-5-15-4-1-2-6-16(15)28/h1-4,6,8-10,12-13,17H,5,7,11,14H2/t17-/m0/s1. The molecule has 154 valence electrons. The first-order valence-electron chi connectivity index (χ1n) is 9.68. The number of benzene rings is 1. The molecular formula is C21H19F2N5O2. The summed E-state index contributed by atoms with van der Waals surface area (Å²) in [7, 11) is 0. The number of hydrogen-bond donors (Lipinski definition) is 0. The highest BCUT2D eigenvalue weighted by Crippen LogP contribution is 2.34. The van der Waals surface area contributed by atoms with Gasteiger partial charge < -0.3 is 9.30 Å². The molecule has 4 heterocycles. The van der Waals surface area contributed by atoms with E-state index in [-0.39, 0.29) is 18.8 Å². The molecule has 0 radical (unpaired) electrons. The average Bonchev–Trinajstić information content (AvgIpc) is 3.24. The van der Waals surface area contributed by atoms with E-state index in [1.807, 2.05) is 30.3 Å². The van der Waals surface area contributed by atoms with Crippen molar-refractivity contribution in [2.75, 3.05) is 18.2 Å². The van der Waals surface area contributed by atoms with Gasteiger partial charge in [0.1, 0.15) is 0 Å². The monoisotopic (exact) mass is 411 g/mol. The van der Waals surface area contributed by atoms with Gasteiger partial charge in [0.05, 0.1) is 12.2 Å². The number of hydrogen-bond acceptors (Lipinski definition) is 5. The van der Waals surface area contributed by atoms with Crippen LogP contribution in [0.25, 0.3) is 5.65 Å². The van der Waals surface area contributed by atoms with E-state index in [0.717, 1.165) is 11.3 Å². The predicted octanol–water partition coefficient (Wildman–Crippen LogP) is 3.09. The molecule has 5 rings (SSSR count). The first-order chi connectivity index (χ1) is 14.5. The van der Waals surface area contributed by atoms with Crippen molar-refractivity contribution in [3.05, 3.63) is 72.6 Å². The molecule has 1 aromatic carbocycles. The fourth-order valence-corrected chi connectivity index (χ4v) is 3.80. The fraction of sp³-hybridized carbons (Fsp3) is 0.286. The van der Waals surface area contributed by atoms with Crippen LogP contribution in [0, 0.1) is 0 Å². The number of likely N-dealkylation sites (tertiary alicyclic amines) is 1. The molecule has 1 atom stereocenters. The molecule has 30 heavy (non-hydrogen) atoms. The number of allylic oxidation sites excluding steroid dienone is 1. The quantitative estimate of drug-likeness (QED) is 0.663. The molecule has 9 heteroatoms. The van der Waals surface area contributed by atoms with Crippen molar-refractivity contribution in [1.29, 1.82) is 0 Å². The molecule has 0 spiro atoms. The maximum Gasteiger partial charge on any atom is 0.279 e. The van der Waals surface area contributed by atoms with E-state index in [4.69, 9.17) is 4.84 Å². The summed E-state index contributed by atoms with van der Waals surface area (Å²) < 4.78 is 31.1. The van der Waals surface area contributed by atoms with Gasteiger partial charge in [0.15, 0.2) is 17.4 Å². The first-order valence-corrected chi connectivity index (χ1v) is 9.68. The Morgan fingerprint density at radius 2 is 1.97 bits per heavy atom. The molecule has 3 aromatic rings. The van der Waals surface area contributed by atoms with Crippen molar-refractivity contribution in [2.24, 2.45) is 0 Å². The maximum absolute atomic E-state index is 14.7. The summed E-state index contributed by atoms with van der Waals surface area (Å²) >= 11 is 0. The number of rotatable bonds is 3. The van der Waals surface area contributed by atoms with Crippen LogP contribution in [0.15, 0.2) is 61.3 Å². The molecule has 0 aliphatic carbocycles. The molecule has 0 saturated carbocycles. The zero-order valence-electron chi connectivity index (χ0n) is 16.0. The van der Waals surface area contributed by atoms with Crippen LogP contribution in [0.1, 0.15) is 22.5 Å². The topological polar surface area (TPSA) is 63.0 Å². The number of alkyl halides is 2. The Kier molecular flexibility index (Phi) is 4.47. The van der Waals surface area contributed by atoms with Gasteiger partial charge in [-0.3, -0.25) is 9.63 Å². The van der Waals surface area contributed by atoms with Crippen molar-refractivity contribution >= 4 is 17.2 Å². The molecule has 1 amide bonds. The summed E-state index contributed by atoms with van der Waals surface area (Å²) in [5.74, 6) is -3.51. The zero-order chi connectivity index (χ0) is 20.7. The molecular weight excluding hydrogens is 392 g/mol. The van der Waals surface area contributed by atoms with E-state index >= 15 is 0 Å². The summed E-state index contributed by atoms with van der Waals surface area (Å²) in [5.41, 5.74) is 2.24. The smallest absolute Gasteiger partial charge is 0.279 e. The Balaban J connectivity index is 1.39. The minimum absolute atomic E-state index is 0.0818. The van der Waals surface area contributed by atoms with E-state index in [0.29, 0.717) is 12.1 Å². The third-order valence-corrected chi connectivity index (χ3v) is 5.42. The van der Waals surface area contributed by atoms with E-state index in [9.17, 15) is 13.6 Å². The third-order valence-electron chi connectivity index (χ3n) is 5.42. The molecule has 2 aliphatic rings. The zero-order valence-corrected chi connectivity index (χ0v) is 16.0. The number of piperidine rings is 1. The highest BCUT2D eigenvalue weighted by molar-refractivity contribution is 5.97. The lowest BCUT2D eigenvalue weighted by Crippen LogP contribution is -2.55. The lowest BCUT2D eigenvalue weighted by molar-refractivity contribution is -0.167. The van der Waals surface area contributed by atoms with Gasteiger partial charge in [-0.25, -0.2) is 23.8 Å². The number of fused-ring (bicyclic) bond motifs is 2. The molecule has 1 fully saturated rings. The van der Waals surface area contributed by atoms with Crippen LogP contribution < -0.4 is 5.06 Å². The van der Waals surface area contributed by atoms with Crippen LogP contribution in [0.4, 0.5) is 14.5 Å². The fourth-order valence-electron chi connectivity index (χ4n) is 3.80. The van der Waals surface area contributed by atoms with Crippen molar-refractivity contribution in [3.8, 4) is 0 Å². The lowest BCUT2D eigenvalue weighted by atomic mass is 10.0. The van der Waals surface area contributed by atoms with Gasteiger partial charge in [0.2, 0.25) is 0 Å². The number of imidazole rings is 1. The second-order valence-electron chi connectivity index (χ2n) is 7.33. The van der Waals surface area contributed by atoms with Crippen molar-refractivity contribution in [3.63, 3.8) is 0 Å². The number of carbonyl (C=O) groups is 1. The second-order valence-corrected chi connectivity index (χ2v) is 7.33. The largest absolute Gasteiger partial charge is 0.334 e. The Morgan fingerprint density at radius 3 is 2.83 bits per heavy atom. The van der Waals surface area contributed by atoms with Gasteiger partial charge in [-0.2, -0.15) is 0 Å². The third kappa shape index (κ3) is 3.21. The highest BCUT2D eigenvalue weighted by atomic mass is 19.3. The van der Waals surface area contributed by atoms with Crippen LogP contribution in [-0.2, 0) is 11.3 Å². The maximum atomic E-state index is 14.7. The van der Waals surface area contributed by atoms with E-state index in [1.165, 1.54) is 16.2 Å². The predicted molar refractivity (Wildman–Crippen MR) is 105 cm³/mol. The molecule has 2 aromatic heterocycles. The Morgan fingerprint density at radius 1 is 1.17 bits per heavy atom. The van der Waals surface area contributed by atoms with Gasteiger partial charge in [0.25, 0.3) is 11.8 Å². The van der Waals surface area contributed by atoms with E-state index in [2.05, 4.69) is 9.97 Å². The van der Waals surface area contributed by atoms with Gasteiger partial charge in [-0.05, 0) is 18.1 Å². The van der Waals surface area contributed by atoms with Crippen LogP contribution in [-0.4, -0.2) is 50.3 Å². The average molecular weight is 411 g/mol. The molecule has 1 saturated heterocycles. The molecule has 0 N–H and O–H groups in total. The Hall–Kier alpha value is -3.33. The molecule has 0 unspecified atom stereocenters. The summed E-state index contributed by atoms with van der Waals surface area (Å²) in [6, 6.07) is 7.49. The van der Waals surface area contributed by atoms with Crippen molar-refractivity contribution < 1.29 is 18.4 Å². The number of amides is 1. The number of nitrogens with zero attached hydrogens (tertiary/aromatic N) is 5. The SMILES string of the molecule is O=C(c1nccn2ccnc12)N1CCC(F)(F)[C@@H](ON2C=CCc3ccccc32)C1. The number of para-hydroxylation sites is 1. The van der Waals surface area contributed by atoms with Crippen LogP contribution >= 0.6 is 0 Å². The minimum atomic E-state index is -3.07. The van der Waals surface area contributed by atoms with Gasteiger partial charge >= 0.3 is 0 Å². The van der Waals surface area contributed by atoms with Crippen LogP contribution in [0.2, 0.25) is 0 Å². The number of hydroxylamine groups is 1. The van der Waals surface area contributed by atoms with E-state index in [1.54, 1.807) is 29.2 Å². The van der Waals surface area contributed by atoms with Crippen LogP contribution in [0.5, 0.6) is 0 Å². The van der Waals surface area contributed by atoms with Gasteiger partial charge in [-0.1, -0.05) is 24.3 Å². The van der Waals surface area contributed by atoms with Crippen molar-refractivity contribution in [1.82, 2.24) is 19.3 Å². The van der Waals surface area contributed by atoms with Crippen molar-refractivity contribution in [2.45, 2.75) is 24.9 Å².